The molecule has 28 heavy (non-hydrogen) atoms. The monoisotopic (exact) mass is 379 g/mol. The van der Waals surface area contributed by atoms with Crippen LogP contribution in [0.5, 0.6) is 0 Å². The van der Waals surface area contributed by atoms with Crippen LogP contribution in [0.1, 0.15) is 24.2 Å². The predicted octanol–water partition coefficient (Wildman–Crippen LogP) is 2.15. The molecule has 7 nitrogen and oxygen atoms in total. The van der Waals surface area contributed by atoms with E-state index in [9.17, 15) is 9.59 Å². The Balaban J connectivity index is 1.37. The van der Waals surface area contributed by atoms with Crippen LogP contribution in [0.25, 0.3) is 10.9 Å². The number of piperidine rings is 1. The van der Waals surface area contributed by atoms with E-state index < -0.39 is 0 Å². The summed E-state index contributed by atoms with van der Waals surface area (Å²) in [7, 11) is 0. The number of aryl methyl sites for hydroxylation is 2. The molecule has 0 saturated carbocycles. The number of para-hydroxylation sites is 1. The molecule has 1 saturated heterocycles. The molecule has 0 N–H and O–H groups in total. The first-order valence-electron chi connectivity index (χ1n) is 9.74. The van der Waals surface area contributed by atoms with Crippen LogP contribution in [0.3, 0.4) is 0 Å². The minimum atomic E-state index is -0.168. The number of hydrogen-bond acceptors (Lipinski definition) is 4. The number of aromatic nitrogens is 4. The zero-order valence-electron chi connectivity index (χ0n) is 16.3. The van der Waals surface area contributed by atoms with E-state index in [0.717, 1.165) is 38.2 Å². The average molecular weight is 379 g/mol. The lowest BCUT2D eigenvalue weighted by Gasteiger charge is -2.32. The third kappa shape index (κ3) is 3.69. The Labute approximate surface area is 163 Å². The van der Waals surface area contributed by atoms with Gasteiger partial charge in [-0.25, -0.2) is 4.98 Å². The molecule has 2 aromatic heterocycles. The molecule has 7 heteroatoms. The number of benzene rings is 1. The molecule has 1 fully saturated rings. The number of amides is 1. The maximum atomic E-state index is 12.7. The Morgan fingerprint density at radius 1 is 1.18 bits per heavy atom. The van der Waals surface area contributed by atoms with E-state index in [1.54, 1.807) is 12.1 Å². The largest absolute Gasteiger partial charge is 0.341 e. The van der Waals surface area contributed by atoms with E-state index in [1.807, 2.05) is 24.0 Å². The van der Waals surface area contributed by atoms with Crippen LogP contribution in [-0.2, 0) is 17.9 Å². The van der Waals surface area contributed by atoms with Gasteiger partial charge in [-0.3, -0.25) is 18.8 Å². The Morgan fingerprint density at radius 2 is 1.93 bits per heavy atom. The maximum Gasteiger partial charge on any atom is 0.261 e. The van der Waals surface area contributed by atoms with E-state index in [-0.39, 0.29) is 18.0 Å². The molecule has 3 heterocycles. The van der Waals surface area contributed by atoms with Gasteiger partial charge in [-0.15, -0.1) is 0 Å². The van der Waals surface area contributed by atoms with Crippen molar-refractivity contribution < 1.29 is 4.79 Å². The van der Waals surface area contributed by atoms with Crippen molar-refractivity contribution in [1.82, 2.24) is 24.2 Å². The fourth-order valence-electron chi connectivity index (χ4n) is 3.93. The molecule has 3 aromatic rings. The van der Waals surface area contributed by atoms with Crippen molar-refractivity contribution in [3.05, 3.63) is 58.4 Å². The number of hydrogen-bond donors (Lipinski definition) is 0. The van der Waals surface area contributed by atoms with Crippen LogP contribution in [0.15, 0.2) is 41.5 Å². The molecule has 1 aliphatic rings. The maximum absolute atomic E-state index is 12.7. The molecule has 4 rings (SSSR count). The first-order valence-corrected chi connectivity index (χ1v) is 9.74. The van der Waals surface area contributed by atoms with Gasteiger partial charge in [0.15, 0.2) is 0 Å². The number of fused-ring (bicyclic) bond motifs is 1. The van der Waals surface area contributed by atoms with Crippen molar-refractivity contribution in [3.63, 3.8) is 0 Å². The van der Waals surface area contributed by atoms with E-state index >= 15 is 0 Å². The van der Waals surface area contributed by atoms with Gasteiger partial charge in [0.05, 0.1) is 22.9 Å². The standard InChI is InChI=1S/C21H25N5O2/c1-15-11-16(2)26(23-15)12-17-7-9-24(10-8-17)20(27)13-25-14-22-19-6-4-3-5-18(19)21(25)28/h3-6,11,14,17H,7-10,12-13H2,1-2H3. The Morgan fingerprint density at radius 3 is 2.64 bits per heavy atom. The average Bonchev–Trinajstić information content (AvgIpc) is 3.01. The highest BCUT2D eigenvalue weighted by Crippen LogP contribution is 2.20. The molecule has 1 aromatic carbocycles. The minimum absolute atomic E-state index is 0.0243. The van der Waals surface area contributed by atoms with Gasteiger partial charge in [0.1, 0.15) is 6.54 Å². The third-order valence-electron chi connectivity index (χ3n) is 5.54. The second-order valence-corrected chi connectivity index (χ2v) is 7.63. The number of carbonyl (C=O) groups is 1. The summed E-state index contributed by atoms with van der Waals surface area (Å²) >= 11 is 0. The minimum Gasteiger partial charge on any atom is -0.341 e. The molecule has 0 atom stereocenters. The summed E-state index contributed by atoms with van der Waals surface area (Å²) in [6.07, 6.45) is 3.38. The summed E-state index contributed by atoms with van der Waals surface area (Å²) in [6, 6.07) is 9.30. The summed E-state index contributed by atoms with van der Waals surface area (Å²) in [6.45, 7) is 6.47. The quantitative estimate of drug-likeness (QED) is 0.696. The van der Waals surface area contributed by atoms with Gasteiger partial charge in [-0.2, -0.15) is 5.10 Å². The van der Waals surface area contributed by atoms with Crippen LogP contribution < -0.4 is 5.56 Å². The van der Waals surface area contributed by atoms with Crippen molar-refractivity contribution in [2.45, 2.75) is 39.8 Å². The van der Waals surface area contributed by atoms with Gasteiger partial charge >= 0.3 is 0 Å². The van der Waals surface area contributed by atoms with Crippen molar-refractivity contribution in [2.75, 3.05) is 13.1 Å². The van der Waals surface area contributed by atoms with E-state index in [4.69, 9.17) is 0 Å². The van der Waals surface area contributed by atoms with Gasteiger partial charge in [-0.05, 0) is 50.8 Å². The van der Waals surface area contributed by atoms with E-state index in [0.29, 0.717) is 16.8 Å². The van der Waals surface area contributed by atoms with Crippen LogP contribution in [0.4, 0.5) is 0 Å². The van der Waals surface area contributed by atoms with Crippen molar-refractivity contribution in [1.29, 1.82) is 0 Å². The first-order chi connectivity index (χ1) is 13.5. The van der Waals surface area contributed by atoms with Crippen LogP contribution in [0.2, 0.25) is 0 Å². The fourth-order valence-corrected chi connectivity index (χ4v) is 3.93. The van der Waals surface area contributed by atoms with E-state index in [2.05, 4.69) is 27.8 Å². The van der Waals surface area contributed by atoms with Crippen molar-refractivity contribution >= 4 is 16.8 Å². The van der Waals surface area contributed by atoms with Gasteiger partial charge in [0.25, 0.3) is 5.56 Å². The molecule has 0 spiro atoms. The van der Waals surface area contributed by atoms with Crippen LogP contribution >= 0.6 is 0 Å². The van der Waals surface area contributed by atoms with E-state index in [1.165, 1.54) is 16.6 Å². The normalized spacial score (nSPS) is 15.3. The van der Waals surface area contributed by atoms with Gasteiger partial charge in [-0.1, -0.05) is 12.1 Å². The molecule has 146 valence electrons. The highest BCUT2D eigenvalue weighted by atomic mass is 16.2. The summed E-state index contributed by atoms with van der Waals surface area (Å²) in [5.74, 6) is 0.496. The summed E-state index contributed by atoms with van der Waals surface area (Å²) in [5.41, 5.74) is 2.71. The van der Waals surface area contributed by atoms with Gasteiger partial charge in [0.2, 0.25) is 5.91 Å². The van der Waals surface area contributed by atoms with Gasteiger partial charge < -0.3 is 4.90 Å². The third-order valence-corrected chi connectivity index (χ3v) is 5.54. The summed E-state index contributed by atoms with van der Waals surface area (Å²) in [5, 5.41) is 5.08. The van der Waals surface area contributed by atoms with Crippen molar-refractivity contribution in [2.24, 2.45) is 5.92 Å². The lowest BCUT2D eigenvalue weighted by Crippen LogP contribution is -2.42. The van der Waals surface area contributed by atoms with Crippen LogP contribution in [0, 0.1) is 19.8 Å². The molecule has 1 aliphatic heterocycles. The molecule has 0 radical (unpaired) electrons. The zero-order valence-corrected chi connectivity index (χ0v) is 16.3. The smallest absolute Gasteiger partial charge is 0.261 e. The molecule has 1 amide bonds. The Hall–Kier alpha value is -2.96. The highest BCUT2D eigenvalue weighted by Gasteiger charge is 2.24. The first kappa shape index (κ1) is 18.4. The van der Waals surface area contributed by atoms with Gasteiger partial charge in [0, 0.05) is 25.3 Å². The molecular formula is C21H25N5O2. The second kappa shape index (κ2) is 7.58. The Bertz CT molecular complexity index is 1060. The van der Waals surface area contributed by atoms with Crippen molar-refractivity contribution in [3.8, 4) is 0 Å². The summed E-state index contributed by atoms with van der Waals surface area (Å²) in [4.78, 5) is 31.4. The molecule has 0 aliphatic carbocycles. The SMILES string of the molecule is Cc1cc(C)n(CC2CCN(C(=O)Cn3cnc4ccccc4c3=O)CC2)n1. The Kier molecular flexibility index (Phi) is 4.98. The highest BCUT2D eigenvalue weighted by molar-refractivity contribution is 5.79. The number of likely N-dealkylation sites (tertiary alicyclic amines) is 1. The zero-order chi connectivity index (χ0) is 19.7. The second-order valence-electron chi connectivity index (χ2n) is 7.63. The predicted molar refractivity (Wildman–Crippen MR) is 107 cm³/mol. The van der Waals surface area contributed by atoms with Crippen LogP contribution in [-0.4, -0.2) is 43.2 Å². The summed E-state index contributed by atoms with van der Waals surface area (Å²) < 4.78 is 3.48. The number of rotatable bonds is 4. The number of carbonyl (C=O) groups excluding carboxylic acids is 1. The topological polar surface area (TPSA) is 73.0 Å². The molecule has 0 unspecified atom stereocenters. The molecular weight excluding hydrogens is 354 g/mol. The lowest BCUT2D eigenvalue weighted by atomic mass is 9.96. The number of nitrogens with zero attached hydrogens (tertiary/aromatic N) is 5. The molecule has 0 bridgehead atoms. The fraction of sp³-hybridized carbons (Fsp3) is 0.429. The lowest BCUT2D eigenvalue weighted by molar-refractivity contribution is -0.133.